The molecule has 0 aliphatic carbocycles. The Kier molecular flexibility index (Phi) is 5.34. The summed E-state index contributed by atoms with van der Waals surface area (Å²) in [4.78, 5) is 41.8. The number of nitrogens with one attached hydrogen (secondary N) is 1. The molecular formula is C23H25N9O3S. The molecule has 4 N–H and O–H groups in total. The van der Waals surface area contributed by atoms with E-state index < -0.39 is 6.10 Å². The van der Waals surface area contributed by atoms with Crippen molar-refractivity contribution in [3.8, 4) is 10.4 Å². The highest BCUT2D eigenvalue weighted by molar-refractivity contribution is 7.15. The van der Waals surface area contributed by atoms with E-state index in [1.165, 1.54) is 29.1 Å². The van der Waals surface area contributed by atoms with E-state index in [9.17, 15) is 14.7 Å². The topological polar surface area (TPSA) is 168 Å². The van der Waals surface area contributed by atoms with Crippen molar-refractivity contribution in [3.63, 3.8) is 0 Å². The first kappa shape index (κ1) is 22.7. The molecule has 1 amide bonds. The summed E-state index contributed by atoms with van der Waals surface area (Å²) in [6, 6.07) is 0.0368. The number of carbonyl (C=O) groups is 2. The summed E-state index contributed by atoms with van der Waals surface area (Å²) < 4.78 is 1.49. The number of carbonyl (C=O) groups excluding carboxylic acids is 2. The molecule has 6 rings (SSSR count). The first-order valence-corrected chi connectivity index (χ1v) is 12.6. The van der Waals surface area contributed by atoms with Crippen molar-refractivity contribution in [1.29, 1.82) is 0 Å². The minimum Gasteiger partial charge on any atom is -0.386 e. The number of hydrogen-bond donors (Lipinski definition) is 3. The van der Waals surface area contributed by atoms with E-state index >= 15 is 0 Å². The number of aromatic amines is 1. The average Bonchev–Trinajstić information content (AvgIpc) is 3.64. The standard InChI is InChI=1S/C23H25N9O3S/c1-10(33)17-18(12-5-13-3-4-14(6-12)31(13)23(35)20-26-9-27-30-20)29-21-15(7-28-32(21)19(17)24)16-8-25-22(36-16)11(2)34/h7-9,11-14,34H,3-6,24H2,1-2H3,(H,26,27,30)/t11?,12?,13-,14+. The van der Waals surface area contributed by atoms with Gasteiger partial charge in [-0.1, -0.05) is 0 Å². The van der Waals surface area contributed by atoms with Gasteiger partial charge in [-0.05, 0) is 39.5 Å². The van der Waals surface area contributed by atoms with Gasteiger partial charge in [0.2, 0.25) is 5.82 Å². The molecule has 2 aliphatic heterocycles. The van der Waals surface area contributed by atoms with Crippen LogP contribution in [0.25, 0.3) is 16.1 Å². The Hall–Kier alpha value is -3.71. The third-order valence-corrected chi connectivity index (χ3v) is 8.38. The van der Waals surface area contributed by atoms with E-state index in [0.29, 0.717) is 34.8 Å². The van der Waals surface area contributed by atoms with Crippen molar-refractivity contribution in [2.45, 2.75) is 63.6 Å². The van der Waals surface area contributed by atoms with E-state index in [-0.39, 0.29) is 41.3 Å². The van der Waals surface area contributed by atoms with Gasteiger partial charge in [-0.2, -0.15) is 14.7 Å². The fourth-order valence-corrected chi connectivity index (χ4v) is 6.49. The van der Waals surface area contributed by atoms with Crippen molar-refractivity contribution in [1.82, 2.24) is 39.7 Å². The number of fused-ring (bicyclic) bond motifs is 3. The Labute approximate surface area is 209 Å². The molecule has 6 heterocycles. The third kappa shape index (κ3) is 3.49. The predicted octanol–water partition coefficient (Wildman–Crippen LogP) is 2.36. The molecule has 4 atom stereocenters. The van der Waals surface area contributed by atoms with Crippen LogP contribution in [0, 0.1) is 0 Å². The Morgan fingerprint density at radius 3 is 2.58 bits per heavy atom. The normalized spacial score (nSPS) is 22.3. The van der Waals surface area contributed by atoms with Gasteiger partial charge in [0, 0.05) is 24.2 Å². The van der Waals surface area contributed by atoms with Gasteiger partial charge in [-0.3, -0.25) is 14.7 Å². The van der Waals surface area contributed by atoms with Gasteiger partial charge in [0.25, 0.3) is 5.91 Å². The van der Waals surface area contributed by atoms with Crippen molar-refractivity contribution >= 4 is 34.5 Å². The van der Waals surface area contributed by atoms with Crippen molar-refractivity contribution in [2.24, 2.45) is 0 Å². The van der Waals surface area contributed by atoms with Crippen molar-refractivity contribution < 1.29 is 14.7 Å². The van der Waals surface area contributed by atoms with E-state index in [2.05, 4.69) is 25.3 Å². The molecule has 0 radical (unpaired) electrons. The number of nitrogens with zero attached hydrogens (tertiary/aromatic N) is 7. The number of aliphatic hydroxyl groups is 1. The second kappa shape index (κ2) is 8.45. The van der Waals surface area contributed by atoms with Crippen LogP contribution in [0.4, 0.5) is 5.82 Å². The molecule has 0 aromatic carbocycles. The lowest BCUT2D eigenvalue weighted by atomic mass is 9.85. The summed E-state index contributed by atoms with van der Waals surface area (Å²) >= 11 is 1.36. The van der Waals surface area contributed by atoms with Crippen LogP contribution in [-0.2, 0) is 0 Å². The van der Waals surface area contributed by atoms with Crippen LogP contribution < -0.4 is 5.73 Å². The number of Topliss-reactive ketones (excluding diaryl/α,β-unsaturated/α-hetero) is 1. The molecule has 2 unspecified atom stereocenters. The number of piperidine rings is 1. The molecule has 2 saturated heterocycles. The number of aliphatic hydroxyl groups excluding tert-OH is 1. The first-order chi connectivity index (χ1) is 17.3. The number of amides is 1. The highest BCUT2D eigenvalue weighted by Crippen LogP contribution is 2.45. The number of rotatable bonds is 5. The molecule has 0 spiro atoms. The molecule has 4 aromatic rings. The largest absolute Gasteiger partial charge is 0.386 e. The van der Waals surface area contributed by atoms with Crippen molar-refractivity contribution in [3.05, 3.63) is 40.8 Å². The number of anilines is 1. The lowest BCUT2D eigenvalue weighted by Gasteiger charge is -2.38. The summed E-state index contributed by atoms with van der Waals surface area (Å²) in [6.45, 7) is 3.16. The van der Waals surface area contributed by atoms with Crippen LogP contribution in [0.1, 0.15) is 83.2 Å². The van der Waals surface area contributed by atoms with Gasteiger partial charge in [-0.15, -0.1) is 11.3 Å². The highest BCUT2D eigenvalue weighted by Gasteiger charge is 2.45. The fraction of sp³-hybridized carbons (Fsp3) is 0.435. The van der Waals surface area contributed by atoms with E-state index in [1.807, 2.05) is 4.90 Å². The smallest absolute Gasteiger partial charge is 0.291 e. The highest BCUT2D eigenvalue weighted by atomic mass is 32.1. The van der Waals surface area contributed by atoms with Gasteiger partial charge < -0.3 is 15.7 Å². The molecule has 186 valence electrons. The fourth-order valence-electron chi connectivity index (χ4n) is 5.63. The quantitative estimate of drug-likeness (QED) is 0.343. The Balaban J connectivity index is 1.40. The number of aromatic nitrogens is 7. The van der Waals surface area contributed by atoms with Crippen LogP contribution in [0.3, 0.4) is 0 Å². The molecule has 2 aliphatic rings. The molecule has 13 heteroatoms. The van der Waals surface area contributed by atoms with Crippen LogP contribution in [0.15, 0.2) is 18.7 Å². The third-order valence-electron chi connectivity index (χ3n) is 7.18. The average molecular weight is 508 g/mol. The molecule has 0 saturated carbocycles. The SMILES string of the molecule is CC(=O)c1c(C2C[C@H]3CC[C@@H](C2)N3C(=O)c2ncn[nH]2)nc2c(-c3cnc(C(C)O)s3)cnn2c1N. The van der Waals surface area contributed by atoms with Gasteiger partial charge in [0.15, 0.2) is 11.4 Å². The lowest BCUT2D eigenvalue weighted by Crippen LogP contribution is -2.46. The number of nitrogen functional groups attached to an aromatic ring is 1. The zero-order chi connectivity index (χ0) is 25.1. The summed E-state index contributed by atoms with van der Waals surface area (Å²) in [5.74, 6) is 0.135. The zero-order valence-electron chi connectivity index (χ0n) is 19.7. The van der Waals surface area contributed by atoms with E-state index in [0.717, 1.165) is 23.3 Å². The maximum absolute atomic E-state index is 13.1. The number of H-pyrrole nitrogens is 1. The number of thiazole rings is 1. The molecule has 2 fully saturated rings. The van der Waals surface area contributed by atoms with E-state index in [4.69, 9.17) is 10.7 Å². The number of hydrogen-bond acceptors (Lipinski definition) is 10. The summed E-state index contributed by atoms with van der Waals surface area (Å²) in [5, 5.41) is 21.4. The molecule has 36 heavy (non-hydrogen) atoms. The maximum Gasteiger partial charge on any atom is 0.291 e. The Morgan fingerprint density at radius 1 is 1.22 bits per heavy atom. The minimum absolute atomic E-state index is 0.0184. The second-order valence-electron chi connectivity index (χ2n) is 9.45. The van der Waals surface area contributed by atoms with Crippen LogP contribution >= 0.6 is 11.3 Å². The van der Waals surface area contributed by atoms with Crippen molar-refractivity contribution in [2.75, 3.05) is 5.73 Å². The monoisotopic (exact) mass is 507 g/mol. The molecule has 4 aromatic heterocycles. The Morgan fingerprint density at radius 2 is 1.97 bits per heavy atom. The maximum atomic E-state index is 13.1. The summed E-state index contributed by atoms with van der Waals surface area (Å²) in [7, 11) is 0. The molecular weight excluding hydrogens is 482 g/mol. The van der Waals surface area contributed by atoms with Crippen LogP contribution in [0.2, 0.25) is 0 Å². The van der Waals surface area contributed by atoms with Gasteiger partial charge in [0.05, 0.1) is 27.9 Å². The van der Waals surface area contributed by atoms with Crippen LogP contribution in [-0.4, -0.2) is 68.5 Å². The number of nitrogens with two attached hydrogens (primary N) is 1. The van der Waals surface area contributed by atoms with E-state index in [1.54, 1.807) is 19.3 Å². The lowest BCUT2D eigenvalue weighted by molar-refractivity contribution is 0.0556. The van der Waals surface area contributed by atoms with Gasteiger partial charge >= 0.3 is 0 Å². The predicted molar refractivity (Wildman–Crippen MR) is 130 cm³/mol. The minimum atomic E-state index is -0.677. The van der Waals surface area contributed by atoms with Crippen LogP contribution in [0.5, 0.6) is 0 Å². The second-order valence-corrected chi connectivity index (χ2v) is 10.5. The zero-order valence-corrected chi connectivity index (χ0v) is 20.6. The summed E-state index contributed by atoms with van der Waals surface area (Å²) in [6.07, 6.45) is 7.13. The van der Waals surface area contributed by atoms with Gasteiger partial charge in [-0.25, -0.2) is 15.0 Å². The number of ketones is 1. The molecule has 2 bridgehead atoms. The van der Waals surface area contributed by atoms with Gasteiger partial charge in [0.1, 0.15) is 23.3 Å². The molecule has 12 nitrogen and oxygen atoms in total. The summed E-state index contributed by atoms with van der Waals surface area (Å²) in [5.41, 5.74) is 8.81. The Bertz CT molecular complexity index is 1460. The first-order valence-electron chi connectivity index (χ1n) is 11.8.